The molecule has 3 heteroatoms. The van der Waals surface area contributed by atoms with Crippen molar-refractivity contribution in [1.29, 1.82) is 0 Å². The van der Waals surface area contributed by atoms with Crippen LogP contribution in [0, 0.1) is 0 Å². The molecular weight excluding hydrogens is 220 g/mol. The number of hydrogen-bond donors (Lipinski definition) is 1. The lowest BCUT2D eigenvalue weighted by Crippen LogP contribution is -2.02. The van der Waals surface area contributed by atoms with E-state index in [2.05, 4.69) is 11.1 Å². The summed E-state index contributed by atoms with van der Waals surface area (Å²) in [6.45, 7) is 0.655. The van der Waals surface area contributed by atoms with Gasteiger partial charge in [-0.3, -0.25) is 4.98 Å². The van der Waals surface area contributed by atoms with Gasteiger partial charge in [-0.15, -0.1) is 0 Å². The van der Waals surface area contributed by atoms with Crippen LogP contribution in [0.25, 0.3) is 11.3 Å². The lowest BCUT2D eigenvalue weighted by Gasteiger charge is -2.02. The van der Waals surface area contributed by atoms with Crippen LogP contribution in [0.3, 0.4) is 0 Å². The van der Waals surface area contributed by atoms with Crippen LogP contribution in [0.15, 0.2) is 42.6 Å². The maximum absolute atomic E-state index is 5.83. The van der Waals surface area contributed by atoms with Gasteiger partial charge in [0, 0.05) is 16.8 Å². The first kappa shape index (κ1) is 11.1. The minimum Gasteiger partial charge on any atom is -0.330 e. The van der Waals surface area contributed by atoms with Gasteiger partial charge in [-0.2, -0.15) is 0 Å². The molecule has 0 bridgehead atoms. The number of aromatic nitrogens is 1. The first-order valence-electron chi connectivity index (χ1n) is 5.20. The summed E-state index contributed by atoms with van der Waals surface area (Å²) in [5.74, 6) is 0. The summed E-state index contributed by atoms with van der Waals surface area (Å²) >= 11 is 5.83. The van der Waals surface area contributed by atoms with Crippen LogP contribution < -0.4 is 5.73 Å². The highest BCUT2D eigenvalue weighted by Gasteiger charge is 1.99. The van der Waals surface area contributed by atoms with Crippen LogP contribution in [-0.2, 0) is 6.42 Å². The molecule has 0 unspecified atom stereocenters. The van der Waals surface area contributed by atoms with Crippen molar-refractivity contribution in [2.75, 3.05) is 6.54 Å². The van der Waals surface area contributed by atoms with Gasteiger partial charge in [0.05, 0.1) is 5.69 Å². The van der Waals surface area contributed by atoms with Gasteiger partial charge < -0.3 is 5.73 Å². The van der Waals surface area contributed by atoms with Gasteiger partial charge in [0.15, 0.2) is 0 Å². The summed E-state index contributed by atoms with van der Waals surface area (Å²) in [6.07, 6.45) is 2.74. The molecule has 0 aliphatic rings. The van der Waals surface area contributed by atoms with E-state index in [1.807, 2.05) is 36.5 Å². The van der Waals surface area contributed by atoms with Gasteiger partial charge in [-0.25, -0.2) is 0 Å². The van der Waals surface area contributed by atoms with E-state index in [1.165, 1.54) is 5.56 Å². The van der Waals surface area contributed by atoms with Crippen molar-refractivity contribution < 1.29 is 0 Å². The minimum absolute atomic E-state index is 0.655. The number of nitrogens with two attached hydrogens (primary N) is 1. The van der Waals surface area contributed by atoms with Crippen LogP contribution >= 0.6 is 11.6 Å². The monoisotopic (exact) mass is 232 g/mol. The summed E-state index contributed by atoms with van der Waals surface area (Å²) in [7, 11) is 0. The summed E-state index contributed by atoms with van der Waals surface area (Å²) in [5.41, 5.74) is 8.68. The minimum atomic E-state index is 0.655. The van der Waals surface area contributed by atoms with Crippen molar-refractivity contribution in [2.24, 2.45) is 5.73 Å². The second-order valence-corrected chi connectivity index (χ2v) is 4.03. The van der Waals surface area contributed by atoms with E-state index in [1.54, 1.807) is 0 Å². The predicted molar refractivity (Wildman–Crippen MR) is 67.4 cm³/mol. The van der Waals surface area contributed by atoms with Crippen molar-refractivity contribution in [3.05, 3.63) is 53.2 Å². The highest BCUT2D eigenvalue weighted by molar-refractivity contribution is 6.30. The van der Waals surface area contributed by atoms with Gasteiger partial charge in [0.25, 0.3) is 0 Å². The molecule has 0 spiro atoms. The molecular formula is C13H13ClN2. The van der Waals surface area contributed by atoms with Crippen molar-refractivity contribution >= 4 is 11.6 Å². The Bertz CT molecular complexity index is 448. The standard InChI is InChI=1S/C13H13ClN2/c14-12-4-2-11(3-5-12)13-6-1-10(7-8-15)9-16-13/h1-6,9H,7-8,15H2. The maximum atomic E-state index is 5.83. The Morgan fingerprint density at radius 3 is 2.38 bits per heavy atom. The van der Waals surface area contributed by atoms with Crippen LogP contribution in [0.1, 0.15) is 5.56 Å². The number of hydrogen-bond acceptors (Lipinski definition) is 2. The van der Waals surface area contributed by atoms with E-state index in [9.17, 15) is 0 Å². The van der Waals surface area contributed by atoms with E-state index < -0.39 is 0 Å². The van der Waals surface area contributed by atoms with E-state index in [0.717, 1.165) is 22.7 Å². The normalized spacial score (nSPS) is 10.4. The molecule has 0 saturated carbocycles. The molecule has 0 radical (unpaired) electrons. The SMILES string of the molecule is NCCc1ccc(-c2ccc(Cl)cc2)nc1. The Hall–Kier alpha value is -1.38. The fourth-order valence-electron chi connectivity index (χ4n) is 1.53. The fourth-order valence-corrected chi connectivity index (χ4v) is 1.66. The molecule has 16 heavy (non-hydrogen) atoms. The summed E-state index contributed by atoms with van der Waals surface area (Å²) < 4.78 is 0. The Balaban J connectivity index is 2.24. The maximum Gasteiger partial charge on any atom is 0.0702 e. The van der Waals surface area contributed by atoms with Crippen LogP contribution in [0.5, 0.6) is 0 Å². The van der Waals surface area contributed by atoms with Crippen LogP contribution in [0.4, 0.5) is 0 Å². The number of halogens is 1. The second-order valence-electron chi connectivity index (χ2n) is 3.60. The molecule has 0 fully saturated rings. The number of pyridine rings is 1. The molecule has 2 rings (SSSR count). The molecule has 1 aromatic heterocycles. The zero-order chi connectivity index (χ0) is 11.4. The zero-order valence-electron chi connectivity index (χ0n) is 8.86. The summed E-state index contributed by atoms with van der Waals surface area (Å²) in [4.78, 5) is 4.40. The van der Waals surface area contributed by atoms with Gasteiger partial charge in [0.2, 0.25) is 0 Å². The molecule has 1 heterocycles. The quantitative estimate of drug-likeness (QED) is 0.884. The molecule has 2 nitrogen and oxygen atoms in total. The predicted octanol–water partition coefficient (Wildman–Crippen LogP) is 2.90. The van der Waals surface area contributed by atoms with E-state index >= 15 is 0 Å². The number of benzene rings is 1. The Labute approximate surface area is 100 Å². The van der Waals surface area contributed by atoms with E-state index in [-0.39, 0.29) is 0 Å². The smallest absolute Gasteiger partial charge is 0.0702 e. The summed E-state index contributed by atoms with van der Waals surface area (Å²) in [6, 6.07) is 11.7. The molecule has 0 amide bonds. The topological polar surface area (TPSA) is 38.9 Å². The third kappa shape index (κ3) is 2.60. The molecule has 0 aliphatic heterocycles. The average molecular weight is 233 g/mol. The first-order chi connectivity index (χ1) is 7.79. The van der Waals surface area contributed by atoms with Crippen molar-refractivity contribution in [3.8, 4) is 11.3 Å². The Morgan fingerprint density at radius 2 is 1.81 bits per heavy atom. The lowest BCUT2D eigenvalue weighted by molar-refractivity contribution is 0.959. The third-order valence-corrected chi connectivity index (χ3v) is 2.65. The van der Waals surface area contributed by atoms with E-state index in [0.29, 0.717) is 6.54 Å². The third-order valence-electron chi connectivity index (χ3n) is 2.40. The largest absolute Gasteiger partial charge is 0.330 e. The molecule has 2 N–H and O–H groups in total. The van der Waals surface area contributed by atoms with Gasteiger partial charge >= 0.3 is 0 Å². The Kier molecular flexibility index (Phi) is 3.54. The molecule has 1 aromatic carbocycles. The van der Waals surface area contributed by atoms with E-state index in [4.69, 9.17) is 17.3 Å². The highest BCUT2D eigenvalue weighted by Crippen LogP contribution is 2.19. The van der Waals surface area contributed by atoms with Gasteiger partial charge in [0.1, 0.15) is 0 Å². The van der Waals surface area contributed by atoms with Crippen LogP contribution in [-0.4, -0.2) is 11.5 Å². The summed E-state index contributed by atoms with van der Waals surface area (Å²) in [5, 5.41) is 0.739. The molecule has 82 valence electrons. The number of nitrogens with zero attached hydrogens (tertiary/aromatic N) is 1. The Morgan fingerprint density at radius 1 is 1.06 bits per heavy atom. The van der Waals surface area contributed by atoms with Gasteiger partial charge in [-0.1, -0.05) is 29.8 Å². The lowest BCUT2D eigenvalue weighted by atomic mass is 10.1. The zero-order valence-corrected chi connectivity index (χ0v) is 9.61. The van der Waals surface area contributed by atoms with Crippen molar-refractivity contribution in [2.45, 2.75) is 6.42 Å². The average Bonchev–Trinajstić information content (AvgIpc) is 2.32. The highest BCUT2D eigenvalue weighted by atomic mass is 35.5. The van der Waals surface area contributed by atoms with Crippen molar-refractivity contribution in [1.82, 2.24) is 4.98 Å². The first-order valence-corrected chi connectivity index (χ1v) is 5.58. The van der Waals surface area contributed by atoms with Crippen molar-refractivity contribution in [3.63, 3.8) is 0 Å². The second kappa shape index (κ2) is 5.10. The molecule has 0 atom stereocenters. The van der Waals surface area contributed by atoms with Gasteiger partial charge in [-0.05, 0) is 36.7 Å². The van der Waals surface area contributed by atoms with Crippen LogP contribution in [0.2, 0.25) is 5.02 Å². The number of rotatable bonds is 3. The molecule has 0 aliphatic carbocycles. The fraction of sp³-hybridized carbons (Fsp3) is 0.154. The molecule has 0 saturated heterocycles. The molecule has 2 aromatic rings.